The van der Waals surface area contributed by atoms with Crippen LogP contribution in [-0.2, 0) is 4.79 Å². The minimum atomic E-state index is -4.58. The lowest BCUT2D eigenvalue weighted by atomic mass is 10.1. The first-order valence-electron chi connectivity index (χ1n) is 4.67. The molecule has 0 heterocycles. The van der Waals surface area contributed by atoms with Gasteiger partial charge in [-0.15, -0.1) is 0 Å². The first-order valence-corrected chi connectivity index (χ1v) is 4.67. The first-order chi connectivity index (χ1) is 7.18. The van der Waals surface area contributed by atoms with Gasteiger partial charge in [-0.05, 0) is 13.8 Å². The quantitative estimate of drug-likeness (QED) is 0.771. The maximum absolute atomic E-state index is 12.3. The van der Waals surface area contributed by atoms with Crippen LogP contribution >= 0.6 is 0 Å². The predicted molar refractivity (Wildman–Crippen MR) is 51.1 cm³/mol. The van der Waals surface area contributed by atoms with Crippen LogP contribution in [0.3, 0.4) is 0 Å². The molecular weight excluding hydrogens is 223 g/mol. The Hall–Kier alpha value is -1.29. The molecule has 7 heteroatoms. The Kier molecular flexibility index (Phi) is 5.24. The summed E-state index contributed by atoms with van der Waals surface area (Å²) >= 11 is 0. The molecule has 1 amide bonds. The van der Waals surface area contributed by atoms with Crippen LogP contribution in [0.1, 0.15) is 13.8 Å². The molecule has 0 spiro atoms. The molecule has 1 atom stereocenters. The van der Waals surface area contributed by atoms with Gasteiger partial charge in [-0.2, -0.15) is 18.4 Å². The number of nitrogens with two attached hydrogens (primary N) is 1. The molecule has 1 unspecified atom stereocenters. The molecule has 0 saturated heterocycles. The number of hydrogen-bond acceptors (Lipinski definition) is 3. The Morgan fingerprint density at radius 2 is 2.00 bits per heavy atom. The van der Waals surface area contributed by atoms with E-state index in [9.17, 15) is 18.0 Å². The summed E-state index contributed by atoms with van der Waals surface area (Å²) in [7, 11) is 0. The van der Waals surface area contributed by atoms with Crippen molar-refractivity contribution >= 4 is 5.91 Å². The molecule has 16 heavy (non-hydrogen) atoms. The van der Waals surface area contributed by atoms with E-state index >= 15 is 0 Å². The summed E-state index contributed by atoms with van der Waals surface area (Å²) in [6.07, 6.45) is -4.58. The smallest absolute Gasteiger partial charge is 0.369 e. The summed E-state index contributed by atoms with van der Waals surface area (Å²) in [6, 6.07) is 0.895. The standard InChI is InChI=1S/C9H14F3N3O/c1-6(2)15(5-8(14)16)4-7(3-13)9(10,11)12/h6-7H,4-5H2,1-2H3,(H2,14,16). The Morgan fingerprint density at radius 3 is 2.25 bits per heavy atom. The molecule has 0 aromatic heterocycles. The zero-order valence-corrected chi connectivity index (χ0v) is 9.08. The number of carbonyl (C=O) groups excluding carboxylic acids is 1. The predicted octanol–water partition coefficient (Wildman–Crippen LogP) is 0.884. The topological polar surface area (TPSA) is 70.1 Å². The van der Waals surface area contributed by atoms with Gasteiger partial charge in [0, 0.05) is 12.6 Å². The fraction of sp³-hybridized carbons (Fsp3) is 0.778. The van der Waals surface area contributed by atoms with Gasteiger partial charge in [-0.3, -0.25) is 9.69 Å². The molecule has 0 aliphatic carbocycles. The average Bonchev–Trinajstić information content (AvgIpc) is 2.08. The van der Waals surface area contributed by atoms with Gasteiger partial charge < -0.3 is 5.73 Å². The van der Waals surface area contributed by atoms with E-state index in [0.717, 1.165) is 0 Å². The maximum Gasteiger partial charge on any atom is 0.405 e. The van der Waals surface area contributed by atoms with Crippen LogP contribution in [0.15, 0.2) is 0 Å². The zero-order chi connectivity index (χ0) is 12.9. The normalized spacial score (nSPS) is 13.9. The average molecular weight is 237 g/mol. The maximum atomic E-state index is 12.3. The fourth-order valence-electron chi connectivity index (χ4n) is 1.11. The van der Waals surface area contributed by atoms with Crippen LogP contribution < -0.4 is 5.73 Å². The molecule has 0 rings (SSSR count). The zero-order valence-electron chi connectivity index (χ0n) is 9.08. The summed E-state index contributed by atoms with van der Waals surface area (Å²) in [5.41, 5.74) is 4.91. The van der Waals surface area contributed by atoms with Crippen molar-refractivity contribution in [3.8, 4) is 6.07 Å². The summed E-state index contributed by atoms with van der Waals surface area (Å²) in [6.45, 7) is 2.44. The van der Waals surface area contributed by atoms with Crippen LogP contribution in [0.25, 0.3) is 0 Å². The monoisotopic (exact) mass is 237 g/mol. The number of nitriles is 1. The summed E-state index contributed by atoms with van der Waals surface area (Å²) in [5, 5.41) is 8.41. The highest BCUT2D eigenvalue weighted by Gasteiger charge is 2.41. The number of carbonyl (C=O) groups is 1. The summed E-state index contributed by atoms with van der Waals surface area (Å²) in [5.74, 6) is -2.82. The van der Waals surface area contributed by atoms with Gasteiger partial charge in [0.05, 0.1) is 12.6 Å². The molecule has 0 saturated carbocycles. The Bertz CT molecular complexity index is 283. The lowest BCUT2D eigenvalue weighted by Gasteiger charge is -2.27. The number of rotatable bonds is 5. The number of hydrogen-bond donors (Lipinski definition) is 1. The summed E-state index contributed by atoms with van der Waals surface area (Å²) in [4.78, 5) is 11.9. The second kappa shape index (κ2) is 5.70. The van der Waals surface area contributed by atoms with E-state index in [1.165, 1.54) is 11.0 Å². The number of halogens is 3. The van der Waals surface area contributed by atoms with Crippen molar-refractivity contribution in [2.75, 3.05) is 13.1 Å². The largest absolute Gasteiger partial charge is 0.405 e. The van der Waals surface area contributed by atoms with Crippen molar-refractivity contribution in [3.05, 3.63) is 0 Å². The van der Waals surface area contributed by atoms with Crippen molar-refractivity contribution in [1.29, 1.82) is 5.26 Å². The van der Waals surface area contributed by atoms with Gasteiger partial charge in [0.2, 0.25) is 5.91 Å². The van der Waals surface area contributed by atoms with E-state index < -0.39 is 24.5 Å². The van der Waals surface area contributed by atoms with Crippen molar-refractivity contribution in [2.24, 2.45) is 11.7 Å². The molecule has 92 valence electrons. The fourth-order valence-corrected chi connectivity index (χ4v) is 1.11. The first kappa shape index (κ1) is 14.7. The number of primary amides is 1. The van der Waals surface area contributed by atoms with Gasteiger partial charge in [0.15, 0.2) is 5.92 Å². The highest BCUT2D eigenvalue weighted by molar-refractivity contribution is 5.75. The van der Waals surface area contributed by atoms with Crippen LogP contribution in [-0.4, -0.2) is 36.1 Å². The molecule has 2 N–H and O–H groups in total. The van der Waals surface area contributed by atoms with Gasteiger partial charge in [0.25, 0.3) is 0 Å². The molecule has 0 aliphatic rings. The van der Waals surface area contributed by atoms with E-state index in [1.54, 1.807) is 13.8 Å². The van der Waals surface area contributed by atoms with Crippen molar-refractivity contribution in [1.82, 2.24) is 4.90 Å². The lowest BCUT2D eigenvalue weighted by Crippen LogP contribution is -2.44. The number of amides is 1. The van der Waals surface area contributed by atoms with E-state index in [0.29, 0.717) is 0 Å². The van der Waals surface area contributed by atoms with E-state index in [1.807, 2.05) is 0 Å². The minimum absolute atomic E-state index is 0.286. The number of nitrogens with zero attached hydrogens (tertiary/aromatic N) is 2. The SMILES string of the molecule is CC(C)N(CC(N)=O)CC(C#N)C(F)(F)F. The Morgan fingerprint density at radius 1 is 1.50 bits per heavy atom. The second-order valence-electron chi connectivity index (χ2n) is 3.71. The molecular formula is C9H14F3N3O. The summed E-state index contributed by atoms with van der Waals surface area (Å²) < 4.78 is 36.9. The lowest BCUT2D eigenvalue weighted by molar-refractivity contribution is -0.164. The molecule has 4 nitrogen and oxygen atoms in total. The van der Waals surface area contributed by atoms with E-state index in [4.69, 9.17) is 11.0 Å². The van der Waals surface area contributed by atoms with Crippen LogP contribution in [0.2, 0.25) is 0 Å². The van der Waals surface area contributed by atoms with E-state index in [2.05, 4.69) is 0 Å². The van der Waals surface area contributed by atoms with Gasteiger partial charge >= 0.3 is 6.18 Å². The molecule has 0 fully saturated rings. The van der Waals surface area contributed by atoms with E-state index in [-0.39, 0.29) is 12.6 Å². The van der Waals surface area contributed by atoms with Crippen LogP contribution in [0.4, 0.5) is 13.2 Å². The van der Waals surface area contributed by atoms with Crippen LogP contribution in [0.5, 0.6) is 0 Å². The highest BCUT2D eigenvalue weighted by atomic mass is 19.4. The Balaban J connectivity index is 4.62. The van der Waals surface area contributed by atoms with Gasteiger partial charge in [0.1, 0.15) is 0 Å². The highest BCUT2D eigenvalue weighted by Crippen LogP contribution is 2.26. The minimum Gasteiger partial charge on any atom is -0.369 e. The molecule has 0 aliphatic heterocycles. The molecule has 0 radical (unpaired) electrons. The third kappa shape index (κ3) is 4.98. The van der Waals surface area contributed by atoms with Crippen LogP contribution in [0, 0.1) is 17.2 Å². The third-order valence-electron chi connectivity index (χ3n) is 2.06. The van der Waals surface area contributed by atoms with Gasteiger partial charge in [-0.1, -0.05) is 0 Å². The van der Waals surface area contributed by atoms with Crippen molar-refractivity contribution < 1.29 is 18.0 Å². The number of alkyl halides is 3. The molecule has 0 aromatic carbocycles. The molecule has 0 aromatic rings. The van der Waals surface area contributed by atoms with Crippen molar-refractivity contribution in [3.63, 3.8) is 0 Å². The third-order valence-corrected chi connectivity index (χ3v) is 2.06. The van der Waals surface area contributed by atoms with Crippen molar-refractivity contribution in [2.45, 2.75) is 26.1 Å². The molecule has 0 bridgehead atoms. The Labute approximate surface area is 91.8 Å². The van der Waals surface area contributed by atoms with Gasteiger partial charge in [-0.25, -0.2) is 0 Å². The second-order valence-corrected chi connectivity index (χ2v) is 3.71.